The van der Waals surface area contributed by atoms with Gasteiger partial charge in [0.05, 0.1) is 18.6 Å². The van der Waals surface area contributed by atoms with Crippen LogP contribution in [0.25, 0.3) is 0 Å². The summed E-state index contributed by atoms with van der Waals surface area (Å²) in [6.07, 6.45) is 7.83. The zero-order valence-corrected chi connectivity index (χ0v) is 10.5. The summed E-state index contributed by atoms with van der Waals surface area (Å²) in [5.74, 6) is 0. The van der Waals surface area contributed by atoms with Crippen molar-refractivity contribution in [2.24, 2.45) is 0 Å². The molecule has 0 aromatic carbocycles. The van der Waals surface area contributed by atoms with Crippen molar-refractivity contribution in [3.05, 3.63) is 23.9 Å². The molecule has 0 aromatic heterocycles. The molecule has 80 valence electrons. The van der Waals surface area contributed by atoms with Crippen LogP contribution in [0, 0.1) is 0 Å². The van der Waals surface area contributed by atoms with Gasteiger partial charge in [0.1, 0.15) is 5.70 Å². The molecule has 0 saturated heterocycles. The number of rotatable bonds is 2. The minimum Gasteiger partial charge on any atom is -0.291 e. The predicted octanol–water partition coefficient (Wildman–Crippen LogP) is 3.48. The largest absolute Gasteiger partial charge is 0.291 e. The predicted molar refractivity (Wildman–Crippen MR) is 62.9 cm³/mol. The highest BCUT2D eigenvalue weighted by Crippen LogP contribution is 2.35. The first-order valence-corrected chi connectivity index (χ1v) is 5.52. The van der Waals surface area contributed by atoms with Crippen LogP contribution in [0.5, 0.6) is 0 Å². The topological polar surface area (TPSA) is 0 Å². The Hall–Kier alpha value is -0.560. The van der Waals surface area contributed by atoms with Gasteiger partial charge in [0.2, 0.25) is 0 Å². The lowest BCUT2D eigenvalue weighted by atomic mass is 9.97. The fraction of sp³-hybridized carbons (Fsp3) is 0.692. The van der Waals surface area contributed by atoms with Crippen molar-refractivity contribution in [1.29, 1.82) is 0 Å². The Balaban J connectivity index is 3.06. The van der Waals surface area contributed by atoms with Gasteiger partial charge >= 0.3 is 0 Å². The molecule has 1 nitrogen and oxygen atoms in total. The molecule has 0 heterocycles. The Kier molecular flexibility index (Phi) is 2.91. The maximum atomic E-state index is 2.35. The van der Waals surface area contributed by atoms with E-state index in [0.29, 0.717) is 6.04 Å². The molecule has 1 rings (SSSR count). The summed E-state index contributed by atoms with van der Waals surface area (Å²) >= 11 is 0. The first kappa shape index (κ1) is 11.5. The van der Waals surface area contributed by atoms with E-state index >= 15 is 0 Å². The van der Waals surface area contributed by atoms with Crippen LogP contribution in [0.4, 0.5) is 0 Å². The van der Waals surface area contributed by atoms with Crippen molar-refractivity contribution < 1.29 is 4.48 Å². The van der Waals surface area contributed by atoms with Gasteiger partial charge in [-0.2, -0.15) is 0 Å². The number of hydrogen-bond donors (Lipinski definition) is 0. The van der Waals surface area contributed by atoms with Crippen LogP contribution >= 0.6 is 0 Å². The van der Waals surface area contributed by atoms with E-state index < -0.39 is 0 Å². The molecule has 0 saturated carbocycles. The zero-order chi connectivity index (χ0) is 11.0. The van der Waals surface area contributed by atoms with Crippen molar-refractivity contribution in [2.45, 2.75) is 52.6 Å². The highest BCUT2D eigenvalue weighted by atomic mass is 15.4. The summed E-state index contributed by atoms with van der Waals surface area (Å²) in [6, 6.07) is 0.626. The Morgan fingerprint density at radius 1 is 1.29 bits per heavy atom. The van der Waals surface area contributed by atoms with Crippen LogP contribution in [0.2, 0.25) is 0 Å². The van der Waals surface area contributed by atoms with E-state index in [2.05, 4.69) is 59.9 Å². The smallest absolute Gasteiger partial charge is 0.113 e. The molecule has 0 aliphatic heterocycles. The van der Waals surface area contributed by atoms with Crippen LogP contribution < -0.4 is 0 Å². The molecule has 1 atom stereocenters. The first-order chi connectivity index (χ1) is 6.30. The Bertz CT molecular complexity index is 265. The average Bonchev–Trinajstić information content (AvgIpc) is 2.52. The SMILES string of the molecule is CC(C)[N+](C)(C1=CC=CC1)C(C)(C)C. The van der Waals surface area contributed by atoms with Gasteiger partial charge in [-0.1, -0.05) is 12.2 Å². The highest BCUT2D eigenvalue weighted by molar-refractivity contribution is 5.19. The van der Waals surface area contributed by atoms with Gasteiger partial charge in [0.25, 0.3) is 0 Å². The van der Waals surface area contributed by atoms with Crippen LogP contribution in [0.3, 0.4) is 0 Å². The molecule has 1 aliphatic rings. The van der Waals surface area contributed by atoms with E-state index in [0.717, 1.165) is 10.9 Å². The second kappa shape index (κ2) is 3.54. The summed E-state index contributed by atoms with van der Waals surface area (Å²) in [5, 5.41) is 0. The number of quaternary nitrogens is 1. The first-order valence-electron chi connectivity index (χ1n) is 5.52. The molecular weight excluding hydrogens is 170 g/mol. The van der Waals surface area contributed by atoms with Crippen molar-refractivity contribution in [3.8, 4) is 0 Å². The molecule has 0 spiro atoms. The van der Waals surface area contributed by atoms with Gasteiger partial charge in [0, 0.05) is 6.42 Å². The van der Waals surface area contributed by atoms with Gasteiger partial charge in [-0.05, 0) is 40.7 Å². The fourth-order valence-electron chi connectivity index (χ4n) is 2.32. The summed E-state index contributed by atoms with van der Waals surface area (Å²) < 4.78 is 1.04. The van der Waals surface area contributed by atoms with Crippen LogP contribution in [0.15, 0.2) is 23.9 Å². The average molecular weight is 194 g/mol. The lowest BCUT2D eigenvalue weighted by Gasteiger charge is -2.49. The van der Waals surface area contributed by atoms with E-state index in [9.17, 15) is 0 Å². The van der Waals surface area contributed by atoms with E-state index in [1.54, 1.807) is 0 Å². The molecule has 1 aliphatic carbocycles. The molecule has 0 bridgehead atoms. The number of nitrogens with zero attached hydrogens (tertiary/aromatic N) is 1. The summed E-state index contributed by atoms with van der Waals surface area (Å²) in [7, 11) is 2.35. The van der Waals surface area contributed by atoms with Crippen molar-refractivity contribution in [2.75, 3.05) is 7.05 Å². The molecule has 0 aromatic rings. The quantitative estimate of drug-likeness (QED) is 0.590. The van der Waals surface area contributed by atoms with Crippen molar-refractivity contribution >= 4 is 0 Å². The molecule has 0 fully saturated rings. The lowest BCUT2D eigenvalue weighted by molar-refractivity contribution is -0.939. The van der Waals surface area contributed by atoms with Gasteiger partial charge in [-0.15, -0.1) is 0 Å². The van der Waals surface area contributed by atoms with E-state index in [1.165, 1.54) is 5.70 Å². The molecule has 0 radical (unpaired) electrons. The molecule has 0 N–H and O–H groups in total. The molecule has 1 heteroatoms. The second-order valence-electron chi connectivity index (χ2n) is 5.63. The van der Waals surface area contributed by atoms with Gasteiger partial charge in [-0.3, -0.25) is 4.48 Å². The summed E-state index contributed by atoms with van der Waals surface area (Å²) in [4.78, 5) is 0. The fourth-order valence-corrected chi connectivity index (χ4v) is 2.32. The molecular formula is C13H24N+. The number of hydrogen-bond acceptors (Lipinski definition) is 0. The van der Waals surface area contributed by atoms with E-state index in [-0.39, 0.29) is 5.54 Å². The Morgan fingerprint density at radius 2 is 1.86 bits per heavy atom. The number of allylic oxidation sites excluding steroid dienone is 3. The van der Waals surface area contributed by atoms with E-state index in [4.69, 9.17) is 0 Å². The Labute approximate surface area is 88.7 Å². The third-order valence-electron chi connectivity index (χ3n) is 3.77. The Morgan fingerprint density at radius 3 is 2.14 bits per heavy atom. The van der Waals surface area contributed by atoms with Gasteiger partial charge in [0.15, 0.2) is 0 Å². The van der Waals surface area contributed by atoms with Gasteiger partial charge < -0.3 is 0 Å². The zero-order valence-electron chi connectivity index (χ0n) is 10.5. The van der Waals surface area contributed by atoms with Crippen molar-refractivity contribution in [1.82, 2.24) is 0 Å². The lowest BCUT2D eigenvalue weighted by Crippen LogP contribution is -2.60. The van der Waals surface area contributed by atoms with Crippen LogP contribution in [0.1, 0.15) is 41.0 Å². The summed E-state index contributed by atoms with van der Waals surface area (Å²) in [5.41, 5.74) is 1.80. The normalized spacial score (nSPS) is 21.2. The van der Waals surface area contributed by atoms with Crippen LogP contribution in [-0.2, 0) is 0 Å². The minimum atomic E-state index is 0.270. The highest BCUT2D eigenvalue weighted by Gasteiger charge is 2.42. The molecule has 1 unspecified atom stereocenters. The third-order valence-corrected chi connectivity index (χ3v) is 3.77. The van der Waals surface area contributed by atoms with Gasteiger partial charge in [-0.25, -0.2) is 0 Å². The maximum Gasteiger partial charge on any atom is 0.113 e. The summed E-state index contributed by atoms with van der Waals surface area (Å²) in [6.45, 7) is 11.6. The standard InChI is InChI=1S/C13H24N/c1-11(2)14(6,13(3,4)5)12-9-7-8-10-12/h7-9,11H,10H2,1-6H3/q+1. The molecule has 0 amide bonds. The third kappa shape index (κ3) is 1.66. The molecule has 14 heavy (non-hydrogen) atoms. The minimum absolute atomic E-state index is 0.270. The monoisotopic (exact) mass is 194 g/mol. The van der Waals surface area contributed by atoms with E-state index in [1.807, 2.05) is 0 Å². The van der Waals surface area contributed by atoms with Crippen LogP contribution in [-0.4, -0.2) is 23.1 Å². The van der Waals surface area contributed by atoms with Crippen molar-refractivity contribution in [3.63, 3.8) is 0 Å². The second-order valence-corrected chi connectivity index (χ2v) is 5.63. The maximum absolute atomic E-state index is 2.35.